The second kappa shape index (κ2) is 6.12. The van der Waals surface area contributed by atoms with E-state index >= 15 is 0 Å². The Balaban J connectivity index is 1.58. The maximum Gasteiger partial charge on any atom is 0.312 e. The van der Waals surface area contributed by atoms with E-state index in [1.807, 2.05) is 6.08 Å². The van der Waals surface area contributed by atoms with Gasteiger partial charge in [-0.05, 0) is 49.5 Å². The van der Waals surface area contributed by atoms with E-state index in [4.69, 9.17) is 14.2 Å². The summed E-state index contributed by atoms with van der Waals surface area (Å²) in [6, 6.07) is 0. The van der Waals surface area contributed by atoms with Crippen molar-refractivity contribution in [2.45, 2.75) is 69.9 Å². The molecule has 0 aromatic carbocycles. The molecular formula is C21H28O7. The summed E-state index contributed by atoms with van der Waals surface area (Å²) in [5.74, 6) is -2.63. The number of rotatable bonds is 0. The van der Waals surface area contributed by atoms with Crippen molar-refractivity contribution in [3.05, 3.63) is 23.3 Å². The van der Waals surface area contributed by atoms with Gasteiger partial charge < -0.3 is 29.5 Å². The zero-order valence-electron chi connectivity index (χ0n) is 16.2. The largest absolute Gasteiger partial charge is 0.459 e. The van der Waals surface area contributed by atoms with Crippen LogP contribution in [0.2, 0.25) is 0 Å². The van der Waals surface area contributed by atoms with Crippen molar-refractivity contribution in [2.75, 3.05) is 6.61 Å². The molecule has 28 heavy (non-hydrogen) atoms. The molecule has 3 fully saturated rings. The second-order valence-electron chi connectivity index (χ2n) is 9.32. The van der Waals surface area contributed by atoms with Crippen LogP contribution >= 0.6 is 0 Å². The first-order chi connectivity index (χ1) is 13.2. The number of fused-ring (bicyclic) bond motifs is 3. The Labute approximate surface area is 164 Å². The topological polar surface area (TPSA) is 105 Å². The van der Waals surface area contributed by atoms with Crippen LogP contribution in [0.3, 0.4) is 0 Å². The zero-order valence-corrected chi connectivity index (χ0v) is 16.2. The van der Waals surface area contributed by atoms with Crippen LogP contribution in [-0.2, 0) is 19.0 Å². The molecule has 0 amide bonds. The van der Waals surface area contributed by atoms with Crippen molar-refractivity contribution < 1.29 is 34.3 Å². The van der Waals surface area contributed by atoms with Crippen molar-refractivity contribution in [1.29, 1.82) is 0 Å². The second-order valence-corrected chi connectivity index (χ2v) is 9.32. The third-order valence-electron chi connectivity index (χ3n) is 7.79. The van der Waals surface area contributed by atoms with E-state index in [-0.39, 0.29) is 23.9 Å². The fraction of sp³-hybridized carbons (Fsp3) is 0.762. The lowest BCUT2D eigenvalue weighted by Crippen LogP contribution is -2.50. The van der Waals surface area contributed by atoms with Crippen LogP contribution in [0, 0.1) is 23.2 Å². The minimum Gasteiger partial charge on any atom is -0.459 e. The summed E-state index contributed by atoms with van der Waals surface area (Å²) in [5.41, 5.74) is 1.41. The number of aliphatic hydroxyl groups is 3. The van der Waals surface area contributed by atoms with Gasteiger partial charge in [-0.3, -0.25) is 4.79 Å². The lowest BCUT2D eigenvalue weighted by molar-refractivity contribution is -0.238. The molecule has 3 aliphatic heterocycles. The van der Waals surface area contributed by atoms with Gasteiger partial charge in [-0.1, -0.05) is 24.6 Å². The molecule has 0 aromatic rings. The summed E-state index contributed by atoms with van der Waals surface area (Å²) >= 11 is 0. The lowest BCUT2D eigenvalue weighted by atomic mass is 9.55. The first kappa shape index (κ1) is 18.8. The fourth-order valence-corrected chi connectivity index (χ4v) is 6.21. The highest BCUT2D eigenvalue weighted by molar-refractivity contribution is 5.75. The van der Waals surface area contributed by atoms with Crippen LogP contribution in [-0.4, -0.2) is 58.3 Å². The first-order valence-electron chi connectivity index (χ1n) is 10.2. The van der Waals surface area contributed by atoms with Crippen LogP contribution in [0.15, 0.2) is 23.3 Å². The molecule has 7 heteroatoms. The highest BCUT2D eigenvalue weighted by Crippen LogP contribution is 2.56. The van der Waals surface area contributed by atoms with Crippen LogP contribution in [0.25, 0.3) is 0 Å². The van der Waals surface area contributed by atoms with Crippen molar-refractivity contribution in [3.63, 3.8) is 0 Å². The van der Waals surface area contributed by atoms with Gasteiger partial charge in [-0.15, -0.1) is 0 Å². The molecule has 0 aromatic heterocycles. The van der Waals surface area contributed by atoms with Gasteiger partial charge >= 0.3 is 5.97 Å². The summed E-state index contributed by atoms with van der Waals surface area (Å²) in [7, 11) is 0. The SMILES string of the molecule is CC12OCC3OC(=O)C4C(O)C=C5CC(O)CCC5(C)C4CC=C(C(O)O1)C32. The van der Waals surface area contributed by atoms with E-state index in [9.17, 15) is 20.1 Å². The van der Waals surface area contributed by atoms with Gasteiger partial charge in [0.1, 0.15) is 6.10 Å². The standard InChI is InChI=1S/C21H28O7/c1-20-6-5-11(22)7-10(20)8-14(23)16-13(20)4-3-12-17-15(27-19(16)25)9-26-21(17,2)28-18(12)24/h3,8,11,13-18,22-24H,4-7,9H2,1-2H3. The molecule has 154 valence electrons. The van der Waals surface area contributed by atoms with Crippen molar-refractivity contribution in [2.24, 2.45) is 23.2 Å². The third-order valence-corrected chi connectivity index (χ3v) is 7.79. The third kappa shape index (κ3) is 2.50. The number of carbonyl (C=O) groups excluding carboxylic acids is 1. The van der Waals surface area contributed by atoms with Gasteiger partial charge in [0.05, 0.1) is 30.7 Å². The maximum absolute atomic E-state index is 13.2. The normalized spacial score (nSPS) is 52.9. The first-order valence-corrected chi connectivity index (χ1v) is 10.2. The number of aliphatic hydroxyl groups excluding tert-OH is 3. The summed E-state index contributed by atoms with van der Waals surface area (Å²) in [4.78, 5) is 13.2. The molecule has 9 atom stereocenters. The molecule has 0 bridgehead atoms. The molecule has 9 unspecified atom stereocenters. The Kier molecular flexibility index (Phi) is 4.10. The predicted octanol–water partition coefficient (Wildman–Crippen LogP) is 1.02. The van der Waals surface area contributed by atoms with Gasteiger partial charge in [0.25, 0.3) is 0 Å². The summed E-state index contributed by atoms with van der Waals surface area (Å²) in [6.45, 7) is 4.08. The average Bonchev–Trinajstić information content (AvgIpc) is 3.07. The predicted molar refractivity (Wildman–Crippen MR) is 96.6 cm³/mol. The summed E-state index contributed by atoms with van der Waals surface area (Å²) in [5, 5.41) is 31.4. The number of hydrogen-bond acceptors (Lipinski definition) is 7. The van der Waals surface area contributed by atoms with Gasteiger partial charge in [-0.2, -0.15) is 0 Å². The Bertz CT molecular complexity index is 760. The van der Waals surface area contributed by atoms with Crippen LogP contribution in [0.1, 0.15) is 39.5 Å². The molecule has 2 aliphatic carbocycles. The Morgan fingerprint density at radius 2 is 2.00 bits per heavy atom. The minimum absolute atomic E-state index is 0.172. The zero-order chi connectivity index (χ0) is 19.8. The van der Waals surface area contributed by atoms with E-state index in [1.54, 1.807) is 13.0 Å². The number of allylic oxidation sites excluding steroid dienone is 1. The monoisotopic (exact) mass is 392 g/mol. The molecule has 0 spiro atoms. The quantitative estimate of drug-likeness (QED) is 0.418. The average molecular weight is 392 g/mol. The van der Waals surface area contributed by atoms with E-state index in [2.05, 4.69) is 6.92 Å². The van der Waals surface area contributed by atoms with E-state index < -0.39 is 42.3 Å². The van der Waals surface area contributed by atoms with Gasteiger partial charge in [0, 0.05) is 0 Å². The van der Waals surface area contributed by atoms with Crippen LogP contribution < -0.4 is 0 Å². The number of esters is 1. The molecule has 3 heterocycles. The molecule has 5 rings (SSSR count). The molecule has 3 N–H and O–H groups in total. The molecule has 1 saturated carbocycles. The minimum atomic E-state index is -1.09. The molecular weight excluding hydrogens is 364 g/mol. The summed E-state index contributed by atoms with van der Waals surface area (Å²) < 4.78 is 17.2. The Morgan fingerprint density at radius 1 is 1.21 bits per heavy atom. The van der Waals surface area contributed by atoms with Gasteiger partial charge in [-0.25, -0.2) is 0 Å². The highest BCUT2D eigenvalue weighted by atomic mass is 16.8. The van der Waals surface area contributed by atoms with E-state index in [1.165, 1.54) is 0 Å². The Morgan fingerprint density at radius 3 is 2.79 bits per heavy atom. The summed E-state index contributed by atoms with van der Waals surface area (Å²) in [6.07, 6.45) is 3.19. The van der Waals surface area contributed by atoms with Crippen molar-refractivity contribution >= 4 is 5.97 Å². The Hall–Kier alpha value is -1.25. The lowest BCUT2D eigenvalue weighted by Gasteiger charge is -2.50. The van der Waals surface area contributed by atoms with Gasteiger partial charge in [0.2, 0.25) is 0 Å². The molecule has 0 radical (unpaired) electrons. The van der Waals surface area contributed by atoms with E-state index in [0.717, 1.165) is 12.0 Å². The van der Waals surface area contributed by atoms with Gasteiger partial charge in [0.15, 0.2) is 12.1 Å². The van der Waals surface area contributed by atoms with Crippen LogP contribution in [0.5, 0.6) is 0 Å². The maximum atomic E-state index is 13.2. The highest BCUT2D eigenvalue weighted by Gasteiger charge is 2.61. The fourth-order valence-electron chi connectivity index (χ4n) is 6.21. The molecule has 5 aliphatic rings. The number of hydrogen-bond donors (Lipinski definition) is 3. The smallest absolute Gasteiger partial charge is 0.312 e. The molecule has 7 nitrogen and oxygen atoms in total. The van der Waals surface area contributed by atoms with E-state index in [0.29, 0.717) is 24.8 Å². The number of carbonyl (C=O) groups is 1. The molecule has 2 saturated heterocycles. The van der Waals surface area contributed by atoms with Crippen molar-refractivity contribution in [3.8, 4) is 0 Å². The van der Waals surface area contributed by atoms with Crippen LogP contribution in [0.4, 0.5) is 0 Å². The number of ether oxygens (including phenoxy) is 3. The van der Waals surface area contributed by atoms with Crippen molar-refractivity contribution in [1.82, 2.24) is 0 Å².